The standard InChI is InChI=1S/C26H28N2O4S/c29-25(19-31-21-8-10-23(11-9-21)32-22-5-2-1-3-6-22)28-16-13-20(14-17-28)26(30)27-15-12-24-7-4-18-33-24/h1-11,18,20H,12-17,19H2,(H,27,30). The van der Waals surface area contributed by atoms with Crippen LogP contribution in [0, 0.1) is 5.92 Å². The summed E-state index contributed by atoms with van der Waals surface area (Å²) in [5.41, 5.74) is 0. The minimum absolute atomic E-state index is 0.0173. The Morgan fingerprint density at radius 1 is 0.909 bits per heavy atom. The average molecular weight is 465 g/mol. The first kappa shape index (κ1) is 22.9. The molecule has 2 heterocycles. The molecule has 1 aliphatic heterocycles. The lowest BCUT2D eigenvalue weighted by atomic mass is 9.96. The van der Waals surface area contributed by atoms with E-state index in [1.54, 1.807) is 28.4 Å². The fourth-order valence-corrected chi connectivity index (χ4v) is 4.47. The van der Waals surface area contributed by atoms with Crippen molar-refractivity contribution in [3.63, 3.8) is 0 Å². The van der Waals surface area contributed by atoms with Gasteiger partial charge in [-0.3, -0.25) is 9.59 Å². The number of benzene rings is 2. The molecule has 3 aromatic rings. The molecule has 0 radical (unpaired) electrons. The molecule has 33 heavy (non-hydrogen) atoms. The lowest BCUT2D eigenvalue weighted by molar-refractivity contribution is -0.137. The Morgan fingerprint density at radius 2 is 1.61 bits per heavy atom. The van der Waals surface area contributed by atoms with E-state index in [1.165, 1.54) is 4.88 Å². The number of rotatable bonds is 9. The number of hydrogen-bond donors (Lipinski definition) is 1. The zero-order chi connectivity index (χ0) is 22.9. The number of para-hydroxylation sites is 1. The Kier molecular flexibility index (Phi) is 7.98. The Bertz CT molecular complexity index is 1010. The van der Waals surface area contributed by atoms with E-state index in [9.17, 15) is 9.59 Å². The molecule has 1 fully saturated rings. The number of nitrogens with one attached hydrogen (secondary N) is 1. The summed E-state index contributed by atoms with van der Waals surface area (Å²) in [6.07, 6.45) is 2.22. The molecule has 0 atom stereocenters. The summed E-state index contributed by atoms with van der Waals surface area (Å²) in [4.78, 5) is 28.0. The van der Waals surface area contributed by atoms with Crippen LogP contribution in [0.25, 0.3) is 0 Å². The van der Waals surface area contributed by atoms with Crippen molar-refractivity contribution in [2.75, 3.05) is 26.2 Å². The predicted octanol–water partition coefficient (Wildman–Crippen LogP) is 4.52. The summed E-state index contributed by atoms with van der Waals surface area (Å²) in [5, 5.41) is 5.08. The monoisotopic (exact) mass is 464 g/mol. The third-order valence-electron chi connectivity index (χ3n) is 5.63. The molecule has 2 amide bonds. The van der Waals surface area contributed by atoms with Crippen LogP contribution in [-0.4, -0.2) is 43.0 Å². The Hall–Kier alpha value is -3.32. The zero-order valence-corrected chi connectivity index (χ0v) is 19.3. The second kappa shape index (κ2) is 11.5. The van der Waals surface area contributed by atoms with Gasteiger partial charge in [-0.15, -0.1) is 11.3 Å². The van der Waals surface area contributed by atoms with E-state index >= 15 is 0 Å². The number of ether oxygens (including phenoxy) is 2. The quantitative estimate of drug-likeness (QED) is 0.506. The predicted molar refractivity (Wildman–Crippen MR) is 129 cm³/mol. The molecule has 0 saturated carbocycles. The van der Waals surface area contributed by atoms with E-state index in [-0.39, 0.29) is 24.3 Å². The van der Waals surface area contributed by atoms with Crippen molar-refractivity contribution < 1.29 is 19.1 Å². The second-order valence-corrected chi connectivity index (χ2v) is 8.98. The van der Waals surface area contributed by atoms with Crippen molar-refractivity contribution in [1.29, 1.82) is 0 Å². The summed E-state index contributed by atoms with van der Waals surface area (Å²) in [6.45, 7) is 1.79. The molecule has 6 nitrogen and oxygen atoms in total. The normalized spacial score (nSPS) is 14.0. The van der Waals surface area contributed by atoms with Crippen LogP contribution in [0.4, 0.5) is 0 Å². The first-order valence-corrected chi connectivity index (χ1v) is 12.1. The first-order chi connectivity index (χ1) is 16.2. The van der Waals surface area contributed by atoms with E-state index in [1.807, 2.05) is 53.9 Å². The Balaban J connectivity index is 1.15. The molecular weight excluding hydrogens is 436 g/mol. The molecule has 0 bridgehead atoms. The van der Waals surface area contributed by atoms with Crippen molar-refractivity contribution in [2.24, 2.45) is 5.92 Å². The van der Waals surface area contributed by atoms with Crippen molar-refractivity contribution >= 4 is 23.2 Å². The van der Waals surface area contributed by atoms with Gasteiger partial charge in [0.2, 0.25) is 5.91 Å². The van der Waals surface area contributed by atoms with Crippen LogP contribution in [-0.2, 0) is 16.0 Å². The van der Waals surface area contributed by atoms with E-state index in [4.69, 9.17) is 9.47 Å². The lowest BCUT2D eigenvalue weighted by Gasteiger charge is -2.31. The highest BCUT2D eigenvalue weighted by Crippen LogP contribution is 2.24. The molecule has 0 spiro atoms. The van der Waals surface area contributed by atoms with Gasteiger partial charge in [0.25, 0.3) is 5.91 Å². The molecule has 0 aliphatic carbocycles. The van der Waals surface area contributed by atoms with Gasteiger partial charge in [0, 0.05) is 30.4 Å². The van der Waals surface area contributed by atoms with Crippen LogP contribution in [0.5, 0.6) is 17.2 Å². The maximum Gasteiger partial charge on any atom is 0.260 e. The highest BCUT2D eigenvalue weighted by Gasteiger charge is 2.27. The fourth-order valence-electron chi connectivity index (χ4n) is 3.76. The number of amides is 2. The maximum atomic E-state index is 12.5. The third kappa shape index (κ3) is 6.83. The van der Waals surface area contributed by atoms with Crippen molar-refractivity contribution in [1.82, 2.24) is 10.2 Å². The largest absolute Gasteiger partial charge is 0.484 e. The first-order valence-electron chi connectivity index (χ1n) is 11.2. The second-order valence-electron chi connectivity index (χ2n) is 7.95. The zero-order valence-electron chi connectivity index (χ0n) is 18.4. The minimum Gasteiger partial charge on any atom is -0.484 e. The number of carbonyl (C=O) groups excluding carboxylic acids is 2. The smallest absolute Gasteiger partial charge is 0.260 e. The van der Waals surface area contributed by atoms with Crippen LogP contribution >= 0.6 is 11.3 Å². The van der Waals surface area contributed by atoms with Crippen LogP contribution in [0.1, 0.15) is 17.7 Å². The van der Waals surface area contributed by atoms with Gasteiger partial charge in [-0.1, -0.05) is 24.3 Å². The molecule has 2 aromatic carbocycles. The molecular formula is C26H28N2O4S. The van der Waals surface area contributed by atoms with E-state index in [2.05, 4.69) is 11.4 Å². The average Bonchev–Trinajstić information content (AvgIpc) is 3.38. The Labute approximate surface area is 198 Å². The lowest BCUT2D eigenvalue weighted by Crippen LogP contribution is -2.44. The molecule has 4 rings (SSSR count). The summed E-state index contributed by atoms with van der Waals surface area (Å²) in [5.74, 6) is 2.08. The number of piperidine rings is 1. The fraction of sp³-hybridized carbons (Fsp3) is 0.308. The van der Waals surface area contributed by atoms with E-state index in [0.717, 1.165) is 12.2 Å². The molecule has 0 unspecified atom stereocenters. The molecule has 172 valence electrons. The van der Waals surface area contributed by atoms with Crippen molar-refractivity contribution in [3.8, 4) is 17.2 Å². The SMILES string of the molecule is O=C(NCCc1cccs1)C1CCN(C(=O)COc2ccc(Oc3ccccc3)cc2)CC1. The number of thiophene rings is 1. The summed E-state index contributed by atoms with van der Waals surface area (Å²) < 4.78 is 11.4. The van der Waals surface area contributed by atoms with Gasteiger partial charge < -0.3 is 19.7 Å². The van der Waals surface area contributed by atoms with Crippen LogP contribution < -0.4 is 14.8 Å². The molecule has 1 saturated heterocycles. The number of hydrogen-bond acceptors (Lipinski definition) is 5. The summed E-state index contributed by atoms with van der Waals surface area (Å²) >= 11 is 1.70. The Morgan fingerprint density at radius 3 is 2.30 bits per heavy atom. The number of carbonyl (C=O) groups is 2. The molecule has 1 N–H and O–H groups in total. The van der Waals surface area contributed by atoms with Crippen LogP contribution in [0.15, 0.2) is 72.1 Å². The summed E-state index contributed by atoms with van der Waals surface area (Å²) in [6, 6.07) is 20.9. The van der Waals surface area contributed by atoms with Crippen LogP contribution in [0.2, 0.25) is 0 Å². The third-order valence-corrected chi connectivity index (χ3v) is 6.57. The molecule has 7 heteroatoms. The van der Waals surface area contributed by atoms with Gasteiger partial charge in [0.15, 0.2) is 6.61 Å². The van der Waals surface area contributed by atoms with Gasteiger partial charge in [-0.05, 0) is 67.1 Å². The van der Waals surface area contributed by atoms with Crippen LogP contribution in [0.3, 0.4) is 0 Å². The molecule has 1 aliphatic rings. The van der Waals surface area contributed by atoms with E-state index < -0.39 is 0 Å². The highest BCUT2D eigenvalue weighted by molar-refractivity contribution is 7.09. The van der Waals surface area contributed by atoms with Crippen molar-refractivity contribution in [3.05, 3.63) is 77.0 Å². The number of likely N-dealkylation sites (tertiary alicyclic amines) is 1. The van der Waals surface area contributed by atoms with Gasteiger partial charge in [0.05, 0.1) is 0 Å². The van der Waals surface area contributed by atoms with Gasteiger partial charge >= 0.3 is 0 Å². The van der Waals surface area contributed by atoms with Crippen molar-refractivity contribution in [2.45, 2.75) is 19.3 Å². The van der Waals surface area contributed by atoms with Gasteiger partial charge in [-0.2, -0.15) is 0 Å². The topological polar surface area (TPSA) is 67.9 Å². The van der Waals surface area contributed by atoms with Gasteiger partial charge in [-0.25, -0.2) is 0 Å². The molecule has 1 aromatic heterocycles. The minimum atomic E-state index is -0.0591. The van der Waals surface area contributed by atoms with E-state index in [0.29, 0.717) is 44.0 Å². The van der Waals surface area contributed by atoms with Gasteiger partial charge in [0.1, 0.15) is 17.2 Å². The highest BCUT2D eigenvalue weighted by atomic mass is 32.1. The maximum absolute atomic E-state index is 12.5. The summed E-state index contributed by atoms with van der Waals surface area (Å²) in [7, 11) is 0. The number of nitrogens with zero attached hydrogens (tertiary/aromatic N) is 1.